The Bertz CT molecular complexity index is 792. The van der Waals surface area contributed by atoms with Crippen LogP contribution in [0.25, 0.3) is 0 Å². The van der Waals surface area contributed by atoms with Gasteiger partial charge in [-0.25, -0.2) is 4.79 Å². The monoisotopic (exact) mass is 373 g/mol. The standard InChI is InChI=1S/C20H24ClN3O2/c1-4-24(12-16-9-5-6-10-17(16)21)13-19(25)23-20(26)22-18-11-7-8-14(2)15(18)3/h5-11H,4,12-13H2,1-3H3,(H2,22,23,25,26). The van der Waals surface area contributed by atoms with Crippen molar-refractivity contribution in [2.24, 2.45) is 0 Å². The Morgan fingerprint density at radius 2 is 1.81 bits per heavy atom. The number of halogens is 1. The molecule has 6 heteroatoms. The maximum Gasteiger partial charge on any atom is 0.325 e. The molecule has 0 aliphatic carbocycles. The zero-order valence-corrected chi connectivity index (χ0v) is 16.1. The number of imide groups is 1. The van der Waals surface area contributed by atoms with Crippen LogP contribution in [0.1, 0.15) is 23.6 Å². The highest BCUT2D eigenvalue weighted by atomic mass is 35.5. The molecule has 0 fully saturated rings. The van der Waals surface area contributed by atoms with Crippen molar-refractivity contribution in [3.05, 3.63) is 64.2 Å². The van der Waals surface area contributed by atoms with Crippen LogP contribution >= 0.6 is 11.6 Å². The zero-order valence-electron chi connectivity index (χ0n) is 15.3. The normalized spacial score (nSPS) is 10.7. The molecule has 2 rings (SSSR count). The van der Waals surface area contributed by atoms with Gasteiger partial charge in [0.15, 0.2) is 0 Å². The fourth-order valence-electron chi connectivity index (χ4n) is 2.56. The van der Waals surface area contributed by atoms with Gasteiger partial charge in [0.2, 0.25) is 5.91 Å². The van der Waals surface area contributed by atoms with Crippen molar-refractivity contribution in [2.75, 3.05) is 18.4 Å². The topological polar surface area (TPSA) is 61.4 Å². The van der Waals surface area contributed by atoms with Gasteiger partial charge in [-0.1, -0.05) is 48.9 Å². The fourth-order valence-corrected chi connectivity index (χ4v) is 2.75. The number of benzene rings is 2. The number of aryl methyl sites for hydroxylation is 1. The van der Waals surface area contributed by atoms with E-state index in [2.05, 4.69) is 10.6 Å². The number of carbonyl (C=O) groups is 2. The summed E-state index contributed by atoms with van der Waals surface area (Å²) < 4.78 is 0. The summed E-state index contributed by atoms with van der Waals surface area (Å²) in [5, 5.41) is 5.76. The van der Waals surface area contributed by atoms with Gasteiger partial charge < -0.3 is 5.32 Å². The van der Waals surface area contributed by atoms with Crippen molar-refractivity contribution in [1.82, 2.24) is 10.2 Å². The van der Waals surface area contributed by atoms with Gasteiger partial charge in [-0.15, -0.1) is 0 Å². The lowest BCUT2D eigenvalue weighted by Gasteiger charge is -2.20. The number of rotatable bonds is 6. The van der Waals surface area contributed by atoms with E-state index in [9.17, 15) is 9.59 Å². The third-order valence-corrected chi connectivity index (χ3v) is 4.64. The first-order valence-corrected chi connectivity index (χ1v) is 8.91. The predicted molar refractivity (Wildman–Crippen MR) is 105 cm³/mol. The van der Waals surface area contributed by atoms with Crippen LogP contribution in [0, 0.1) is 13.8 Å². The lowest BCUT2D eigenvalue weighted by molar-refractivity contribution is -0.121. The minimum absolute atomic E-state index is 0.113. The summed E-state index contributed by atoms with van der Waals surface area (Å²) in [6.07, 6.45) is 0. The Morgan fingerprint density at radius 3 is 2.50 bits per heavy atom. The molecule has 5 nitrogen and oxygen atoms in total. The highest BCUT2D eigenvalue weighted by Crippen LogP contribution is 2.18. The van der Waals surface area contributed by atoms with Gasteiger partial charge in [-0.2, -0.15) is 0 Å². The second-order valence-corrected chi connectivity index (χ2v) is 6.55. The number of amides is 3. The Hall–Kier alpha value is -2.37. The van der Waals surface area contributed by atoms with E-state index < -0.39 is 6.03 Å². The molecule has 0 unspecified atom stereocenters. The molecule has 3 amide bonds. The zero-order chi connectivity index (χ0) is 19.1. The highest BCUT2D eigenvalue weighted by molar-refractivity contribution is 6.31. The van der Waals surface area contributed by atoms with Crippen LogP contribution in [0.5, 0.6) is 0 Å². The van der Waals surface area contributed by atoms with Gasteiger partial charge in [-0.05, 0) is 49.2 Å². The van der Waals surface area contributed by atoms with Crippen LogP contribution in [0.2, 0.25) is 5.02 Å². The Labute approximate surface area is 159 Å². The summed E-state index contributed by atoms with van der Waals surface area (Å²) >= 11 is 6.17. The lowest BCUT2D eigenvalue weighted by Crippen LogP contribution is -2.41. The number of likely N-dealkylation sites (N-methyl/N-ethyl adjacent to an activating group) is 1. The molecule has 26 heavy (non-hydrogen) atoms. The average Bonchev–Trinajstić information content (AvgIpc) is 2.60. The molecule has 2 N–H and O–H groups in total. The van der Waals surface area contributed by atoms with Gasteiger partial charge in [0, 0.05) is 17.3 Å². The molecule has 0 radical (unpaired) electrons. The first-order valence-electron chi connectivity index (χ1n) is 8.53. The summed E-state index contributed by atoms with van der Waals surface area (Å²) in [7, 11) is 0. The van der Waals surface area contributed by atoms with Crippen molar-refractivity contribution >= 4 is 29.2 Å². The van der Waals surface area contributed by atoms with Crippen LogP contribution in [0.3, 0.4) is 0 Å². The van der Waals surface area contributed by atoms with Crippen molar-refractivity contribution in [1.29, 1.82) is 0 Å². The van der Waals surface area contributed by atoms with Crippen LogP contribution in [-0.2, 0) is 11.3 Å². The second-order valence-electron chi connectivity index (χ2n) is 6.14. The van der Waals surface area contributed by atoms with Crippen LogP contribution in [0.15, 0.2) is 42.5 Å². The molecular weight excluding hydrogens is 350 g/mol. The Kier molecular flexibility index (Phi) is 7.18. The lowest BCUT2D eigenvalue weighted by atomic mass is 10.1. The molecule has 2 aromatic rings. The molecule has 2 aromatic carbocycles. The summed E-state index contributed by atoms with van der Waals surface area (Å²) in [6, 6.07) is 12.6. The Morgan fingerprint density at radius 1 is 1.08 bits per heavy atom. The molecule has 0 spiro atoms. The van der Waals surface area contributed by atoms with Gasteiger partial charge in [0.05, 0.1) is 6.54 Å². The van der Waals surface area contributed by atoms with Crippen molar-refractivity contribution in [3.63, 3.8) is 0 Å². The molecule has 0 bridgehead atoms. The van der Waals surface area contributed by atoms with Crippen LogP contribution < -0.4 is 10.6 Å². The third kappa shape index (κ3) is 5.58. The molecule has 0 aromatic heterocycles. The van der Waals surface area contributed by atoms with Crippen LogP contribution in [-0.4, -0.2) is 29.9 Å². The fraction of sp³-hybridized carbons (Fsp3) is 0.300. The molecular formula is C20H24ClN3O2. The number of anilines is 1. The van der Waals surface area contributed by atoms with E-state index in [0.717, 1.165) is 16.7 Å². The van der Waals surface area contributed by atoms with E-state index in [1.54, 1.807) is 0 Å². The highest BCUT2D eigenvalue weighted by Gasteiger charge is 2.14. The average molecular weight is 374 g/mol. The van der Waals surface area contributed by atoms with Crippen LogP contribution in [0.4, 0.5) is 10.5 Å². The van der Waals surface area contributed by atoms with E-state index in [1.807, 2.05) is 68.1 Å². The summed E-state index contributed by atoms with van der Waals surface area (Å²) in [5.41, 5.74) is 3.69. The van der Waals surface area contributed by atoms with Crippen molar-refractivity contribution < 1.29 is 9.59 Å². The molecule has 0 atom stereocenters. The molecule has 0 saturated heterocycles. The third-order valence-electron chi connectivity index (χ3n) is 4.27. The minimum Gasteiger partial charge on any atom is -0.307 e. The van der Waals surface area contributed by atoms with Crippen molar-refractivity contribution in [3.8, 4) is 0 Å². The number of nitrogens with zero attached hydrogens (tertiary/aromatic N) is 1. The quantitative estimate of drug-likeness (QED) is 0.800. The van der Waals surface area contributed by atoms with Crippen molar-refractivity contribution in [2.45, 2.75) is 27.3 Å². The van der Waals surface area contributed by atoms with E-state index in [4.69, 9.17) is 11.6 Å². The molecule has 0 heterocycles. The van der Waals surface area contributed by atoms with E-state index in [1.165, 1.54) is 0 Å². The molecule has 0 aliphatic heterocycles. The molecule has 138 valence electrons. The number of urea groups is 1. The predicted octanol–water partition coefficient (Wildman–Crippen LogP) is 4.13. The van der Waals surface area contributed by atoms with Gasteiger partial charge in [0.1, 0.15) is 0 Å². The Balaban J connectivity index is 1.91. The number of nitrogens with one attached hydrogen (secondary N) is 2. The number of hydrogen-bond donors (Lipinski definition) is 2. The van der Waals surface area contributed by atoms with Gasteiger partial charge in [0.25, 0.3) is 0 Å². The van der Waals surface area contributed by atoms with E-state index >= 15 is 0 Å². The SMILES string of the molecule is CCN(CC(=O)NC(=O)Nc1cccc(C)c1C)Cc1ccccc1Cl. The first-order chi connectivity index (χ1) is 12.4. The number of carbonyl (C=O) groups excluding carboxylic acids is 2. The van der Waals surface area contributed by atoms with Gasteiger partial charge >= 0.3 is 6.03 Å². The molecule has 0 saturated carbocycles. The second kappa shape index (κ2) is 9.36. The maximum atomic E-state index is 12.2. The summed E-state index contributed by atoms with van der Waals surface area (Å²) in [5.74, 6) is -0.360. The summed E-state index contributed by atoms with van der Waals surface area (Å²) in [6.45, 7) is 7.17. The minimum atomic E-state index is -0.530. The van der Waals surface area contributed by atoms with E-state index in [-0.39, 0.29) is 12.5 Å². The smallest absolute Gasteiger partial charge is 0.307 e. The first kappa shape index (κ1) is 19.9. The largest absolute Gasteiger partial charge is 0.325 e. The number of hydrogen-bond acceptors (Lipinski definition) is 3. The summed E-state index contributed by atoms with van der Waals surface area (Å²) in [4.78, 5) is 26.2. The molecule has 0 aliphatic rings. The van der Waals surface area contributed by atoms with E-state index in [0.29, 0.717) is 23.8 Å². The van der Waals surface area contributed by atoms with Gasteiger partial charge in [-0.3, -0.25) is 15.0 Å². The maximum absolute atomic E-state index is 12.2.